The second-order valence-electron chi connectivity index (χ2n) is 10.0. The minimum Gasteiger partial charge on any atom is -0.460 e. The van der Waals surface area contributed by atoms with Gasteiger partial charge >= 0.3 is 11.2 Å². The van der Waals surface area contributed by atoms with Crippen molar-refractivity contribution in [2.24, 2.45) is 34.5 Å². The summed E-state index contributed by atoms with van der Waals surface area (Å²) in [5, 5.41) is 4.34. The molecule has 154 valence electrons. The molecule has 27 heavy (non-hydrogen) atoms. The molecule has 5 aliphatic rings. The van der Waals surface area contributed by atoms with Crippen LogP contribution in [-0.2, 0) is 13.9 Å². The van der Waals surface area contributed by atoms with E-state index in [0.29, 0.717) is 17.3 Å². The van der Waals surface area contributed by atoms with Gasteiger partial charge in [0.15, 0.2) is 0 Å². The van der Waals surface area contributed by atoms with E-state index in [-0.39, 0.29) is 12.0 Å². The Morgan fingerprint density at radius 1 is 1.15 bits per heavy atom. The molecule has 1 N–H and O–H groups in total. The van der Waals surface area contributed by atoms with Gasteiger partial charge in [-0.1, -0.05) is 19.8 Å². The fraction of sp³-hybridized carbons (Fsp3) is 0.950. The van der Waals surface area contributed by atoms with Crippen LogP contribution in [0.15, 0.2) is 0 Å². The van der Waals surface area contributed by atoms with Crippen LogP contribution in [0.1, 0.15) is 71.1 Å². The average Bonchev–Trinajstić information content (AvgIpc) is 2.59. The predicted molar refractivity (Wildman–Crippen MR) is 97.9 cm³/mol. The topological polar surface area (TPSA) is 55.8 Å². The fourth-order valence-electron chi connectivity index (χ4n) is 7.43. The van der Waals surface area contributed by atoms with Crippen LogP contribution in [0.25, 0.3) is 0 Å². The molecule has 5 aliphatic carbocycles. The van der Waals surface area contributed by atoms with Crippen LogP contribution in [0.4, 0.5) is 8.78 Å². The first-order valence-corrected chi connectivity index (χ1v) is 11.0. The molecule has 0 amide bonds. The molecule has 0 saturated heterocycles. The number of carbonyl (C=O) groups is 1. The minimum absolute atomic E-state index is 0.0747. The quantitative estimate of drug-likeness (QED) is 0.267. The first-order valence-electron chi connectivity index (χ1n) is 10.3. The van der Waals surface area contributed by atoms with Gasteiger partial charge in [0.2, 0.25) is 0 Å². The molecule has 0 aliphatic heterocycles. The molecule has 0 heterocycles. The minimum atomic E-state index is -3.88. The lowest BCUT2D eigenvalue weighted by molar-refractivity contribution is -0.187. The van der Waals surface area contributed by atoms with Gasteiger partial charge < -0.3 is 4.74 Å². The number of hydrogen-bond acceptors (Lipinski definition) is 5. The highest BCUT2D eigenvalue weighted by molar-refractivity contribution is 7.96. The number of ether oxygens (including phenoxy) is 1. The van der Waals surface area contributed by atoms with Crippen LogP contribution in [-0.4, -0.2) is 23.1 Å². The van der Waals surface area contributed by atoms with Crippen LogP contribution >= 0.6 is 12.0 Å². The van der Waals surface area contributed by atoms with Crippen LogP contribution < -0.4 is 0 Å². The maximum Gasteiger partial charge on any atom is 0.415 e. The second kappa shape index (κ2) is 7.13. The van der Waals surface area contributed by atoms with Crippen LogP contribution in [0, 0.1) is 34.5 Å². The molecular weight excluding hydrogens is 374 g/mol. The third kappa shape index (κ3) is 3.76. The molecule has 5 saturated carbocycles. The zero-order valence-corrected chi connectivity index (χ0v) is 16.7. The van der Waals surface area contributed by atoms with E-state index in [1.165, 1.54) is 44.9 Å². The summed E-state index contributed by atoms with van der Waals surface area (Å²) in [4.78, 5) is 11.8. The molecule has 0 radical (unpaired) electrons. The van der Waals surface area contributed by atoms with Crippen LogP contribution in [0.5, 0.6) is 0 Å². The van der Waals surface area contributed by atoms with Crippen LogP contribution in [0.3, 0.4) is 0 Å². The van der Waals surface area contributed by atoms with E-state index < -0.39 is 23.3 Å². The highest BCUT2D eigenvalue weighted by atomic mass is 32.2. The van der Waals surface area contributed by atoms with Crippen molar-refractivity contribution in [2.75, 3.05) is 6.61 Å². The van der Waals surface area contributed by atoms with Gasteiger partial charge in [0.1, 0.15) is 12.0 Å². The highest BCUT2D eigenvalue weighted by Crippen LogP contribution is 2.69. The van der Waals surface area contributed by atoms with Crippen molar-refractivity contribution < 1.29 is 27.9 Å². The molecule has 4 nitrogen and oxygen atoms in total. The van der Waals surface area contributed by atoms with Crippen molar-refractivity contribution in [1.82, 2.24) is 0 Å². The summed E-state index contributed by atoms with van der Waals surface area (Å²) < 4.78 is 35.7. The number of halogens is 2. The van der Waals surface area contributed by atoms with Gasteiger partial charge in [0.05, 0.1) is 6.61 Å². The van der Waals surface area contributed by atoms with Crippen molar-refractivity contribution in [1.29, 1.82) is 0 Å². The zero-order valence-electron chi connectivity index (χ0n) is 15.9. The molecule has 5 rings (SSSR count). The molecule has 7 heteroatoms. The summed E-state index contributed by atoms with van der Waals surface area (Å²) in [6.45, 7) is 2.41. The van der Waals surface area contributed by atoms with E-state index in [0.717, 1.165) is 31.1 Å². The summed E-state index contributed by atoms with van der Waals surface area (Å²) in [5.74, 6) is 1.26. The molecule has 2 atom stereocenters. The molecule has 0 aromatic heterocycles. The van der Waals surface area contributed by atoms with E-state index in [1.807, 2.05) is 0 Å². The van der Waals surface area contributed by atoms with Crippen molar-refractivity contribution >= 4 is 18.0 Å². The summed E-state index contributed by atoms with van der Waals surface area (Å²) in [5.41, 5.74) is 0.200. The molecule has 4 bridgehead atoms. The molecular formula is C20H30F2O4S. The molecule has 2 unspecified atom stereocenters. The average molecular weight is 405 g/mol. The molecule has 5 fully saturated rings. The third-order valence-electron chi connectivity index (χ3n) is 8.00. The number of esters is 1. The van der Waals surface area contributed by atoms with Crippen molar-refractivity contribution in [3.63, 3.8) is 0 Å². The smallest absolute Gasteiger partial charge is 0.415 e. The van der Waals surface area contributed by atoms with Gasteiger partial charge in [-0.05, 0) is 80.5 Å². The van der Waals surface area contributed by atoms with E-state index in [9.17, 15) is 13.6 Å². The predicted octanol–water partition coefficient (Wildman–Crippen LogP) is 5.67. The Bertz CT molecular complexity index is 562. The summed E-state index contributed by atoms with van der Waals surface area (Å²) in [7, 11) is 0. The maximum absolute atomic E-state index is 13.6. The Morgan fingerprint density at radius 3 is 2.37 bits per heavy atom. The fourth-order valence-corrected chi connectivity index (χ4v) is 7.65. The van der Waals surface area contributed by atoms with Gasteiger partial charge in [-0.15, -0.1) is 0 Å². The summed E-state index contributed by atoms with van der Waals surface area (Å²) in [6, 6.07) is 0. The number of rotatable bonds is 6. The van der Waals surface area contributed by atoms with Crippen molar-refractivity contribution in [3.05, 3.63) is 0 Å². The maximum atomic E-state index is 13.6. The Kier molecular flexibility index (Phi) is 5.26. The highest BCUT2D eigenvalue weighted by Gasteiger charge is 2.60. The summed E-state index contributed by atoms with van der Waals surface area (Å²) in [6.07, 6.45) is 12.0. The van der Waals surface area contributed by atoms with Gasteiger partial charge in [-0.25, -0.2) is 10.1 Å². The van der Waals surface area contributed by atoms with Gasteiger partial charge in [0.25, 0.3) is 0 Å². The normalized spacial score (nSPS) is 43.7. The number of alkyl halides is 2. The summed E-state index contributed by atoms with van der Waals surface area (Å²) >= 11 is -0.572. The Balaban J connectivity index is 1.46. The first kappa shape index (κ1) is 19.9. The van der Waals surface area contributed by atoms with Crippen molar-refractivity contribution in [3.8, 4) is 0 Å². The first-order chi connectivity index (χ1) is 12.8. The molecule has 0 spiro atoms. The van der Waals surface area contributed by atoms with E-state index in [4.69, 9.17) is 9.99 Å². The number of hydrogen-bond donors (Lipinski definition) is 1. The van der Waals surface area contributed by atoms with E-state index >= 15 is 0 Å². The largest absolute Gasteiger partial charge is 0.460 e. The standard InChI is InChI=1S/C20H30F2O4S/c1-13-2-4-16(5-3-13)19-9-14-6-15(10-19)8-18(7-14,11-19)12-25-17(23)20(21,22)27-26-24/h13-16,24H,2-12H2,1H3. The lowest BCUT2D eigenvalue weighted by Gasteiger charge is -2.64. The van der Waals surface area contributed by atoms with E-state index in [1.54, 1.807) is 0 Å². The van der Waals surface area contributed by atoms with Crippen molar-refractivity contribution in [2.45, 2.75) is 76.4 Å². The monoisotopic (exact) mass is 404 g/mol. The van der Waals surface area contributed by atoms with E-state index in [2.05, 4.69) is 11.3 Å². The van der Waals surface area contributed by atoms with Gasteiger partial charge in [-0.2, -0.15) is 13.1 Å². The lowest BCUT2D eigenvalue weighted by Crippen LogP contribution is -2.56. The lowest BCUT2D eigenvalue weighted by atomic mass is 9.41. The zero-order chi connectivity index (χ0) is 19.3. The second-order valence-corrected chi connectivity index (χ2v) is 10.9. The molecule has 0 aromatic carbocycles. The Morgan fingerprint density at radius 2 is 1.78 bits per heavy atom. The Hall–Kier alpha value is -0.400. The number of carbonyl (C=O) groups excluding carboxylic acids is 1. The molecule has 0 aromatic rings. The van der Waals surface area contributed by atoms with Gasteiger partial charge in [0, 0.05) is 5.41 Å². The van der Waals surface area contributed by atoms with Crippen LogP contribution in [0.2, 0.25) is 0 Å². The van der Waals surface area contributed by atoms with Gasteiger partial charge in [-0.3, -0.25) is 0 Å². The third-order valence-corrected chi connectivity index (χ3v) is 8.45. The Labute approximate surface area is 163 Å². The SMILES string of the molecule is CC1CCC(C23CC4CC(CC(COC(=O)C(F)(F)SOO)(C4)C2)C3)CC1.